The summed E-state index contributed by atoms with van der Waals surface area (Å²) in [6.45, 7) is 0. The fourth-order valence-electron chi connectivity index (χ4n) is 0.862. The SMILES string of the molecule is Sc1nc(-c2ncc[nH]2)[nH]c1S. The molecule has 12 heavy (non-hydrogen) atoms. The number of imidazole rings is 2. The average molecular weight is 198 g/mol. The molecule has 2 N–H and O–H groups in total. The zero-order chi connectivity index (χ0) is 8.55. The summed E-state index contributed by atoms with van der Waals surface area (Å²) in [6, 6.07) is 0. The van der Waals surface area contributed by atoms with Crippen molar-refractivity contribution in [3.63, 3.8) is 0 Å². The van der Waals surface area contributed by atoms with Gasteiger partial charge in [0.15, 0.2) is 11.6 Å². The summed E-state index contributed by atoms with van der Waals surface area (Å²) in [5, 5.41) is 1.22. The molecule has 62 valence electrons. The van der Waals surface area contributed by atoms with Crippen LogP contribution in [0.1, 0.15) is 0 Å². The fraction of sp³-hybridized carbons (Fsp3) is 0. The first-order valence-corrected chi connectivity index (χ1v) is 4.14. The first-order valence-electron chi connectivity index (χ1n) is 3.25. The number of rotatable bonds is 1. The van der Waals surface area contributed by atoms with Crippen LogP contribution in [0.5, 0.6) is 0 Å². The number of aromatic nitrogens is 4. The maximum Gasteiger partial charge on any atom is 0.175 e. The molecule has 0 amide bonds. The van der Waals surface area contributed by atoms with E-state index in [-0.39, 0.29) is 0 Å². The van der Waals surface area contributed by atoms with E-state index in [1.807, 2.05) is 0 Å². The highest BCUT2D eigenvalue weighted by atomic mass is 32.1. The molecule has 0 radical (unpaired) electrons. The third-order valence-corrected chi connectivity index (χ3v) is 2.21. The molecular weight excluding hydrogens is 192 g/mol. The van der Waals surface area contributed by atoms with Crippen LogP contribution in [0.25, 0.3) is 11.6 Å². The standard InChI is InChI=1S/C6H6N4S2/c11-5-6(12)10-4(9-5)3-7-1-2-8-3/h1-2,11-12H,(H,7,8)(H,9,10). The third kappa shape index (κ3) is 1.23. The Kier molecular flexibility index (Phi) is 1.86. The quantitative estimate of drug-likeness (QED) is 0.523. The van der Waals surface area contributed by atoms with E-state index in [4.69, 9.17) is 0 Å². The lowest BCUT2D eigenvalue weighted by molar-refractivity contribution is 1.10. The lowest BCUT2D eigenvalue weighted by Gasteiger charge is -1.85. The number of hydrogen-bond acceptors (Lipinski definition) is 4. The summed E-state index contributed by atoms with van der Waals surface area (Å²) in [5.74, 6) is 1.33. The van der Waals surface area contributed by atoms with E-state index in [2.05, 4.69) is 45.2 Å². The molecule has 0 spiro atoms. The van der Waals surface area contributed by atoms with Crippen molar-refractivity contribution in [1.82, 2.24) is 19.9 Å². The predicted molar refractivity (Wildman–Crippen MR) is 50.7 cm³/mol. The minimum Gasteiger partial charge on any atom is -0.342 e. The Bertz CT molecular complexity index is 359. The number of aromatic amines is 2. The van der Waals surface area contributed by atoms with Gasteiger partial charge in [0, 0.05) is 12.4 Å². The average Bonchev–Trinajstić information content (AvgIpc) is 2.61. The molecule has 0 fully saturated rings. The van der Waals surface area contributed by atoms with Crippen molar-refractivity contribution in [3.05, 3.63) is 12.4 Å². The van der Waals surface area contributed by atoms with E-state index < -0.39 is 0 Å². The first-order chi connectivity index (χ1) is 5.77. The van der Waals surface area contributed by atoms with Gasteiger partial charge < -0.3 is 9.97 Å². The molecule has 2 rings (SSSR count). The first kappa shape index (κ1) is 7.75. The van der Waals surface area contributed by atoms with Gasteiger partial charge in [0.1, 0.15) is 10.1 Å². The van der Waals surface area contributed by atoms with Crippen molar-refractivity contribution in [2.24, 2.45) is 0 Å². The smallest absolute Gasteiger partial charge is 0.175 e. The van der Waals surface area contributed by atoms with Crippen LogP contribution in [-0.2, 0) is 0 Å². The summed E-state index contributed by atoms with van der Waals surface area (Å²) >= 11 is 8.20. The second kappa shape index (κ2) is 2.87. The second-order valence-corrected chi connectivity index (χ2v) is 3.07. The van der Waals surface area contributed by atoms with E-state index in [0.29, 0.717) is 21.7 Å². The van der Waals surface area contributed by atoms with Gasteiger partial charge in [0.05, 0.1) is 0 Å². The van der Waals surface area contributed by atoms with E-state index in [9.17, 15) is 0 Å². The minimum atomic E-state index is 0.574. The summed E-state index contributed by atoms with van der Waals surface area (Å²) in [4.78, 5) is 14.0. The lowest BCUT2D eigenvalue weighted by Crippen LogP contribution is -1.81. The Morgan fingerprint density at radius 2 is 2.08 bits per heavy atom. The van der Waals surface area contributed by atoms with Crippen molar-refractivity contribution < 1.29 is 0 Å². The zero-order valence-corrected chi connectivity index (χ0v) is 7.73. The van der Waals surface area contributed by atoms with E-state index in [1.165, 1.54) is 0 Å². The van der Waals surface area contributed by atoms with Crippen molar-refractivity contribution in [2.75, 3.05) is 0 Å². The van der Waals surface area contributed by atoms with Crippen LogP contribution in [0.4, 0.5) is 0 Å². The molecule has 0 aliphatic heterocycles. The maximum absolute atomic E-state index is 4.11. The van der Waals surface area contributed by atoms with Crippen molar-refractivity contribution in [2.45, 2.75) is 10.1 Å². The van der Waals surface area contributed by atoms with Crippen molar-refractivity contribution >= 4 is 25.3 Å². The van der Waals surface area contributed by atoms with E-state index >= 15 is 0 Å². The topological polar surface area (TPSA) is 57.4 Å². The van der Waals surface area contributed by atoms with Gasteiger partial charge in [-0.15, -0.1) is 25.3 Å². The van der Waals surface area contributed by atoms with Gasteiger partial charge in [-0.2, -0.15) is 0 Å². The third-order valence-electron chi connectivity index (χ3n) is 1.39. The van der Waals surface area contributed by atoms with Gasteiger partial charge in [-0.3, -0.25) is 0 Å². The van der Waals surface area contributed by atoms with Crippen LogP contribution in [0.15, 0.2) is 22.4 Å². The number of hydrogen-bond donors (Lipinski definition) is 4. The molecule has 0 aromatic carbocycles. The van der Waals surface area contributed by atoms with Crippen LogP contribution in [-0.4, -0.2) is 19.9 Å². The molecule has 6 heteroatoms. The molecule has 0 atom stereocenters. The summed E-state index contributed by atoms with van der Waals surface area (Å²) in [6.07, 6.45) is 3.39. The molecule has 2 aromatic rings. The molecule has 0 saturated heterocycles. The highest BCUT2D eigenvalue weighted by Crippen LogP contribution is 2.19. The Morgan fingerprint density at radius 1 is 1.25 bits per heavy atom. The predicted octanol–water partition coefficient (Wildman–Crippen LogP) is 1.38. The van der Waals surface area contributed by atoms with Crippen LogP contribution in [0.3, 0.4) is 0 Å². The Balaban J connectivity index is 2.48. The number of nitrogens with one attached hydrogen (secondary N) is 2. The normalized spacial score (nSPS) is 10.5. The summed E-state index contributed by atoms with van der Waals surface area (Å²) in [7, 11) is 0. The summed E-state index contributed by atoms with van der Waals surface area (Å²) < 4.78 is 0. The minimum absolute atomic E-state index is 0.574. The molecule has 2 heterocycles. The molecule has 0 aliphatic rings. The Morgan fingerprint density at radius 3 is 2.58 bits per heavy atom. The fourth-order valence-corrected chi connectivity index (χ4v) is 1.17. The van der Waals surface area contributed by atoms with Crippen LogP contribution in [0.2, 0.25) is 0 Å². The van der Waals surface area contributed by atoms with Gasteiger partial charge in [-0.1, -0.05) is 0 Å². The van der Waals surface area contributed by atoms with Gasteiger partial charge in [0.25, 0.3) is 0 Å². The maximum atomic E-state index is 4.11. The van der Waals surface area contributed by atoms with Gasteiger partial charge in [0.2, 0.25) is 0 Å². The van der Waals surface area contributed by atoms with Gasteiger partial charge in [-0.25, -0.2) is 9.97 Å². The molecule has 2 aromatic heterocycles. The lowest BCUT2D eigenvalue weighted by atomic mass is 10.6. The Hall–Kier alpha value is -0.880. The van der Waals surface area contributed by atoms with Crippen molar-refractivity contribution in [1.29, 1.82) is 0 Å². The highest BCUT2D eigenvalue weighted by Gasteiger charge is 2.06. The van der Waals surface area contributed by atoms with Gasteiger partial charge >= 0.3 is 0 Å². The van der Waals surface area contributed by atoms with Crippen molar-refractivity contribution in [3.8, 4) is 11.6 Å². The number of thiol groups is 2. The number of H-pyrrole nitrogens is 2. The molecular formula is C6H6N4S2. The highest BCUT2D eigenvalue weighted by molar-refractivity contribution is 7.83. The van der Waals surface area contributed by atoms with Crippen LogP contribution < -0.4 is 0 Å². The largest absolute Gasteiger partial charge is 0.342 e. The van der Waals surface area contributed by atoms with Crippen LogP contribution in [0, 0.1) is 0 Å². The molecule has 4 nitrogen and oxygen atoms in total. The summed E-state index contributed by atoms with van der Waals surface area (Å²) in [5.41, 5.74) is 0. The monoisotopic (exact) mass is 198 g/mol. The van der Waals surface area contributed by atoms with E-state index in [0.717, 1.165) is 0 Å². The number of nitrogens with zero attached hydrogens (tertiary/aromatic N) is 2. The van der Waals surface area contributed by atoms with E-state index in [1.54, 1.807) is 12.4 Å². The molecule has 0 bridgehead atoms. The molecule has 0 saturated carbocycles. The van der Waals surface area contributed by atoms with Gasteiger partial charge in [-0.05, 0) is 0 Å². The second-order valence-electron chi connectivity index (χ2n) is 2.20. The molecule has 0 aliphatic carbocycles. The molecule has 0 unspecified atom stereocenters. The Labute approximate surface area is 79.7 Å². The van der Waals surface area contributed by atoms with Crippen LogP contribution >= 0.6 is 25.3 Å². The zero-order valence-electron chi connectivity index (χ0n) is 5.94.